The van der Waals surface area contributed by atoms with Crippen molar-refractivity contribution >= 4 is 34.8 Å². The lowest BCUT2D eigenvalue weighted by atomic mass is 9.42. The van der Waals surface area contributed by atoms with Crippen molar-refractivity contribution < 1.29 is 38.3 Å². The number of hydrogen-bond donors (Lipinski definition) is 4. The molecular formula is C24H24FN5O7. The number of hydrogen-bond acceptors (Lipinski definition) is 11. The molecule has 2 saturated carbocycles. The van der Waals surface area contributed by atoms with E-state index < -0.39 is 99.2 Å². The van der Waals surface area contributed by atoms with E-state index in [1.807, 2.05) is 0 Å². The topological polar surface area (TPSA) is 228 Å². The van der Waals surface area contributed by atoms with E-state index >= 15 is 0 Å². The fourth-order valence-electron chi connectivity index (χ4n) is 6.56. The summed E-state index contributed by atoms with van der Waals surface area (Å²) in [4.78, 5) is 80.3. The van der Waals surface area contributed by atoms with Crippen LogP contribution in [0.1, 0.15) is 39.6 Å². The highest BCUT2D eigenvalue weighted by atomic mass is 19.1. The van der Waals surface area contributed by atoms with Crippen molar-refractivity contribution in [1.29, 1.82) is 5.26 Å². The number of nitrogens with two attached hydrogens (primary N) is 3. The number of benzene rings is 1. The Balaban J connectivity index is 2.07. The van der Waals surface area contributed by atoms with E-state index in [1.165, 1.54) is 19.0 Å². The highest BCUT2D eigenvalue weighted by Crippen LogP contribution is 2.56. The number of likely N-dealkylation sites (N-methyl/N-ethyl adjacent to an activating group) is 1. The summed E-state index contributed by atoms with van der Waals surface area (Å²) >= 11 is 0. The quantitative estimate of drug-likeness (QED) is 0.259. The zero-order valence-electron chi connectivity index (χ0n) is 20.1. The Morgan fingerprint density at radius 1 is 1.19 bits per heavy atom. The van der Waals surface area contributed by atoms with Crippen LogP contribution < -0.4 is 17.2 Å². The Kier molecular flexibility index (Phi) is 5.54. The summed E-state index contributed by atoms with van der Waals surface area (Å²) in [5.74, 6) is -13.8. The van der Waals surface area contributed by atoms with E-state index in [0.717, 1.165) is 13.0 Å². The van der Waals surface area contributed by atoms with Gasteiger partial charge < -0.3 is 22.3 Å². The smallest absolute Gasteiger partial charge is 0.235 e. The molecular weight excluding hydrogens is 489 g/mol. The van der Waals surface area contributed by atoms with Gasteiger partial charge in [-0.1, -0.05) is 0 Å². The summed E-state index contributed by atoms with van der Waals surface area (Å²) in [5, 5.41) is 20.7. The molecule has 0 radical (unpaired) electrons. The molecule has 4 rings (SSSR count). The molecule has 0 aromatic heterocycles. The van der Waals surface area contributed by atoms with E-state index in [4.69, 9.17) is 17.2 Å². The monoisotopic (exact) mass is 513 g/mol. The number of nitriles is 1. The molecule has 2 unspecified atom stereocenters. The first-order chi connectivity index (χ1) is 17.0. The summed E-state index contributed by atoms with van der Waals surface area (Å²) in [5.41, 5.74) is 10.4. The van der Waals surface area contributed by atoms with Gasteiger partial charge in [-0.2, -0.15) is 5.26 Å². The lowest BCUT2D eigenvalue weighted by molar-refractivity contribution is -0.166. The molecule has 194 valence electrons. The number of primary amides is 1. The zero-order valence-corrected chi connectivity index (χ0v) is 20.1. The minimum Gasteiger partial charge on any atom is -0.504 e. The van der Waals surface area contributed by atoms with Crippen LogP contribution in [0.25, 0.3) is 0 Å². The number of fused-ring (bicyclic) bond motifs is 3. The maximum absolute atomic E-state index is 14.5. The Hall–Kier alpha value is -3.86. The molecule has 2 fully saturated rings. The Morgan fingerprint density at radius 2 is 1.78 bits per heavy atom. The summed E-state index contributed by atoms with van der Waals surface area (Å²) < 4.78 is 14.5. The predicted octanol–water partition coefficient (Wildman–Crippen LogP) is -1.85. The number of amides is 1. The van der Waals surface area contributed by atoms with Crippen LogP contribution in [0, 0.1) is 34.4 Å². The number of ketones is 5. The molecule has 1 aromatic carbocycles. The molecule has 0 bridgehead atoms. The minimum absolute atomic E-state index is 0.124. The van der Waals surface area contributed by atoms with Crippen LogP contribution in [0.3, 0.4) is 0 Å². The number of aromatic hydroxyl groups is 1. The molecule has 1 aromatic rings. The van der Waals surface area contributed by atoms with Gasteiger partial charge in [0, 0.05) is 11.1 Å². The van der Waals surface area contributed by atoms with Crippen LogP contribution in [0.4, 0.5) is 4.39 Å². The molecule has 3 aliphatic rings. The van der Waals surface area contributed by atoms with Crippen LogP contribution in [0.2, 0.25) is 0 Å². The third-order valence-corrected chi connectivity index (χ3v) is 7.92. The number of phenols is 1. The van der Waals surface area contributed by atoms with Crippen molar-refractivity contribution in [3.8, 4) is 11.8 Å². The molecule has 1 amide bonds. The second kappa shape index (κ2) is 7.82. The van der Waals surface area contributed by atoms with Gasteiger partial charge >= 0.3 is 0 Å². The Bertz CT molecular complexity index is 1400. The Labute approximate surface area is 209 Å². The van der Waals surface area contributed by atoms with Crippen molar-refractivity contribution in [3.63, 3.8) is 0 Å². The first-order valence-corrected chi connectivity index (χ1v) is 11.2. The fraction of sp³-hybridized carbons (Fsp3) is 0.458. The van der Waals surface area contributed by atoms with Crippen molar-refractivity contribution in [1.82, 2.24) is 4.90 Å². The molecule has 3 aliphatic carbocycles. The zero-order chi connectivity index (χ0) is 28.0. The van der Waals surface area contributed by atoms with E-state index in [0.29, 0.717) is 0 Å². The molecule has 37 heavy (non-hydrogen) atoms. The first-order valence-electron chi connectivity index (χ1n) is 11.2. The van der Waals surface area contributed by atoms with Gasteiger partial charge in [0.25, 0.3) is 0 Å². The normalized spacial score (nSPS) is 34.9. The number of carbonyl (C=O) groups excluding carboxylic acids is 6. The van der Waals surface area contributed by atoms with E-state index in [1.54, 1.807) is 6.07 Å². The molecule has 0 aliphatic heterocycles. The molecule has 6 atom stereocenters. The van der Waals surface area contributed by atoms with Crippen LogP contribution >= 0.6 is 0 Å². The standard InChI is InChI=1S/C24H24FN5O7/c1-8(31)9-4-11(25)15(32)12-10(9)5-22(28)6-24(29)18(30(2)3)17(34)13(21(27)37)19(35)23(24,7-26)20(36)14(22)16(12)33/h4,13-14,18,32H,5-6,28-29H2,1-3H3,(H2,27,37)/t13?,14?,18-,22-,23+,24-/m1/s1. The van der Waals surface area contributed by atoms with E-state index in [-0.39, 0.29) is 11.1 Å². The van der Waals surface area contributed by atoms with Crippen LogP contribution in [-0.2, 0) is 25.6 Å². The minimum atomic E-state index is -2.90. The van der Waals surface area contributed by atoms with Crippen LogP contribution in [0.5, 0.6) is 5.75 Å². The largest absolute Gasteiger partial charge is 0.504 e. The molecule has 0 heterocycles. The average Bonchev–Trinajstić information content (AvgIpc) is 2.74. The van der Waals surface area contributed by atoms with Crippen molar-refractivity contribution in [2.45, 2.75) is 36.9 Å². The van der Waals surface area contributed by atoms with Crippen molar-refractivity contribution in [2.75, 3.05) is 14.1 Å². The molecule has 0 spiro atoms. The predicted molar refractivity (Wildman–Crippen MR) is 121 cm³/mol. The second-order valence-electron chi connectivity index (χ2n) is 10.3. The highest BCUT2D eigenvalue weighted by molar-refractivity contribution is 6.33. The lowest BCUT2D eigenvalue weighted by Crippen LogP contribution is -2.85. The number of nitrogens with zero attached hydrogens (tertiary/aromatic N) is 2. The van der Waals surface area contributed by atoms with E-state index in [2.05, 4.69) is 0 Å². The first kappa shape index (κ1) is 26.2. The number of halogens is 1. The highest BCUT2D eigenvalue weighted by Gasteiger charge is 2.78. The van der Waals surface area contributed by atoms with Crippen molar-refractivity contribution in [3.05, 3.63) is 28.6 Å². The van der Waals surface area contributed by atoms with E-state index in [9.17, 15) is 43.5 Å². The lowest BCUT2D eigenvalue weighted by Gasteiger charge is -2.60. The van der Waals surface area contributed by atoms with Crippen LogP contribution in [0.15, 0.2) is 6.07 Å². The summed E-state index contributed by atoms with van der Waals surface area (Å²) in [7, 11) is 2.76. The summed E-state index contributed by atoms with van der Waals surface area (Å²) in [6.45, 7) is 1.10. The number of phenolic OH excluding ortho intramolecular Hbond substituents is 1. The van der Waals surface area contributed by atoms with Gasteiger partial charge in [-0.05, 0) is 45.5 Å². The molecule has 13 heteroatoms. The van der Waals surface area contributed by atoms with Crippen LogP contribution in [-0.4, -0.2) is 76.0 Å². The molecule has 12 nitrogen and oxygen atoms in total. The van der Waals surface area contributed by atoms with Gasteiger partial charge in [-0.25, -0.2) is 4.39 Å². The maximum atomic E-state index is 14.5. The fourth-order valence-corrected chi connectivity index (χ4v) is 6.56. The van der Waals surface area contributed by atoms with Gasteiger partial charge in [0.2, 0.25) is 5.91 Å². The number of rotatable bonds is 3. The van der Waals surface area contributed by atoms with Gasteiger partial charge in [0.1, 0.15) is 5.92 Å². The number of Topliss-reactive ketones (excluding diaryl/α,β-unsaturated/α-hetero) is 5. The Morgan fingerprint density at radius 3 is 2.27 bits per heavy atom. The van der Waals surface area contributed by atoms with Gasteiger partial charge in [-0.15, -0.1) is 0 Å². The second-order valence-corrected chi connectivity index (χ2v) is 10.3. The third kappa shape index (κ3) is 2.97. The molecule has 7 N–H and O–H groups in total. The van der Waals surface area contributed by atoms with Gasteiger partial charge in [0.05, 0.1) is 23.2 Å². The molecule has 0 saturated heterocycles. The maximum Gasteiger partial charge on any atom is 0.235 e. The summed E-state index contributed by atoms with van der Waals surface area (Å²) in [6, 6.07) is 0.759. The third-order valence-electron chi connectivity index (χ3n) is 7.92. The summed E-state index contributed by atoms with van der Waals surface area (Å²) in [6.07, 6.45) is -1.08. The van der Waals surface area contributed by atoms with Crippen molar-refractivity contribution in [2.24, 2.45) is 34.5 Å². The average molecular weight is 513 g/mol. The van der Waals surface area contributed by atoms with Gasteiger partial charge in [0.15, 0.2) is 51.8 Å². The SMILES string of the molecule is CC(=O)c1cc(F)c(O)c2c1C[C@@]1(N)C[C@@]3(N)[C@H](N(C)C)C(=O)C(C(N)=O)C(=O)[C@@]3(C#N)C(=O)C1C2=O. The number of carbonyl (C=O) groups is 6. The van der Waals surface area contributed by atoms with Gasteiger partial charge in [-0.3, -0.25) is 33.7 Å².